The Kier molecular flexibility index (Phi) is 3.84. The van der Waals surface area contributed by atoms with Gasteiger partial charge in [-0.3, -0.25) is 9.59 Å². The first-order chi connectivity index (χ1) is 7.08. The predicted molar refractivity (Wildman–Crippen MR) is 56.6 cm³/mol. The second-order valence-corrected chi connectivity index (χ2v) is 3.41. The second kappa shape index (κ2) is 5.14. The number of anilines is 1. The third-order valence-electron chi connectivity index (χ3n) is 1.57. The van der Waals surface area contributed by atoms with Crippen molar-refractivity contribution < 1.29 is 4.79 Å². The van der Waals surface area contributed by atoms with E-state index in [0.29, 0.717) is 5.69 Å². The average Bonchev–Trinajstić information content (AvgIpc) is 2.14. The molecule has 0 aliphatic rings. The third-order valence-corrected chi connectivity index (χ3v) is 1.57. The van der Waals surface area contributed by atoms with Crippen LogP contribution in [0.5, 0.6) is 0 Å². The molecule has 0 saturated heterocycles. The lowest BCUT2D eigenvalue weighted by Gasteiger charge is -2.09. The lowest BCUT2D eigenvalue weighted by atomic mass is 10.4. The first-order valence-corrected chi connectivity index (χ1v) is 4.66. The molecule has 6 heteroatoms. The van der Waals surface area contributed by atoms with Gasteiger partial charge in [-0.1, -0.05) is 0 Å². The van der Waals surface area contributed by atoms with Gasteiger partial charge in [0.1, 0.15) is 0 Å². The smallest absolute Gasteiger partial charge is 0.266 e. The van der Waals surface area contributed by atoms with E-state index in [1.807, 2.05) is 13.8 Å². The van der Waals surface area contributed by atoms with Gasteiger partial charge in [0.25, 0.3) is 5.56 Å². The predicted octanol–water partition coefficient (Wildman–Crippen LogP) is -0.294. The van der Waals surface area contributed by atoms with E-state index in [2.05, 4.69) is 20.8 Å². The van der Waals surface area contributed by atoms with Crippen LogP contribution >= 0.6 is 0 Å². The lowest BCUT2D eigenvalue weighted by Crippen LogP contribution is -2.35. The highest BCUT2D eigenvalue weighted by Gasteiger charge is 2.02. The van der Waals surface area contributed by atoms with Crippen molar-refractivity contribution in [1.29, 1.82) is 0 Å². The molecule has 0 saturated carbocycles. The molecule has 1 amide bonds. The number of rotatable bonds is 4. The van der Waals surface area contributed by atoms with Gasteiger partial charge in [-0.15, -0.1) is 0 Å². The van der Waals surface area contributed by atoms with Crippen LogP contribution in [-0.2, 0) is 4.79 Å². The minimum atomic E-state index is -0.302. The summed E-state index contributed by atoms with van der Waals surface area (Å²) in [7, 11) is 0. The molecule has 1 heterocycles. The first kappa shape index (κ1) is 11.2. The monoisotopic (exact) mass is 210 g/mol. The van der Waals surface area contributed by atoms with Crippen molar-refractivity contribution in [2.24, 2.45) is 0 Å². The average molecular weight is 210 g/mol. The number of nitrogens with zero attached hydrogens (tertiary/aromatic N) is 1. The topological polar surface area (TPSA) is 86.9 Å². The summed E-state index contributed by atoms with van der Waals surface area (Å²) in [6, 6.07) is 1.45. The highest BCUT2D eigenvalue weighted by Crippen LogP contribution is 1.96. The molecule has 0 aromatic carbocycles. The fourth-order valence-corrected chi connectivity index (χ4v) is 1.03. The Balaban J connectivity index is 2.44. The number of hydrogen-bond donors (Lipinski definition) is 3. The highest BCUT2D eigenvalue weighted by atomic mass is 16.2. The summed E-state index contributed by atoms with van der Waals surface area (Å²) in [4.78, 5) is 22.1. The molecule has 0 atom stereocenters. The van der Waals surface area contributed by atoms with Crippen LogP contribution in [0, 0.1) is 0 Å². The van der Waals surface area contributed by atoms with Crippen LogP contribution in [0.2, 0.25) is 0 Å². The molecular formula is C9H14N4O2. The number of hydrogen-bond acceptors (Lipinski definition) is 4. The number of carbonyl (C=O) groups is 1. The molecule has 0 spiro atoms. The van der Waals surface area contributed by atoms with Crippen molar-refractivity contribution in [3.63, 3.8) is 0 Å². The van der Waals surface area contributed by atoms with Gasteiger partial charge in [-0.2, -0.15) is 5.10 Å². The normalized spacial score (nSPS) is 10.1. The van der Waals surface area contributed by atoms with E-state index in [1.54, 1.807) is 0 Å². The number of amides is 1. The SMILES string of the molecule is CC(C)NC(=O)CNc1cn[nH]c(=O)c1. The maximum absolute atomic E-state index is 11.2. The molecule has 82 valence electrons. The minimum Gasteiger partial charge on any atom is -0.375 e. The van der Waals surface area contributed by atoms with E-state index in [1.165, 1.54) is 12.3 Å². The van der Waals surface area contributed by atoms with E-state index in [9.17, 15) is 9.59 Å². The van der Waals surface area contributed by atoms with Crippen molar-refractivity contribution in [1.82, 2.24) is 15.5 Å². The van der Waals surface area contributed by atoms with E-state index in [0.717, 1.165) is 0 Å². The van der Waals surface area contributed by atoms with Gasteiger partial charge in [-0.25, -0.2) is 5.10 Å². The Hall–Kier alpha value is -1.85. The van der Waals surface area contributed by atoms with Crippen molar-refractivity contribution in [2.45, 2.75) is 19.9 Å². The molecule has 0 aliphatic heterocycles. The fraction of sp³-hybridized carbons (Fsp3) is 0.444. The van der Waals surface area contributed by atoms with Gasteiger partial charge in [0, 0.05) is 12.1 Å². The summed E-state index contributed by atoms with van der Waals surface area (Å²) in [6.07, 6.45) is 1.45. The molecular weight excluding hydrogens is 196 g/mol. The standard InChI is InChI=1S/C9H14N4O2/c1-6(2)12-9(15)5-10-7-3-8(14)13-11-4-7/h3-4,6H,5H2,1-2H3,(H,12,15)(H2,10,13,14). The zero-order chi connectivity index (χ0) is 11.3. The number of H-pyrrole nitrogens is 1. The fourth-order valence-electron chi connectivity index (χ4n) is 1.03. The van der Waals surface area contributed by atoms with Gasteiger partial charge >= 0.3 is 0 Å². The summed E-state index contributed by atoms with van der Waals surface area (Å²) >= 11 is 0. The van der Waals surface area contributed by atoms with E-state index in [-0.39, 0.29) is 24.1 Å². The van der Waals surface area contributed by atoms with Crippen molar-refractivity contribution in [3.8, 4) is 0 Å². The van der Waals surface area contributed by atoms with Crippen LogP contribution in [-0.4, -0.2) is 28.7 Å². The lowest BCUT2D eigenvalue weighted by molar-refractivity contribution is -0.119. The molecule has 0 fully saturated rings. The molecule has 1 aromatic rings. The Morgan fingerprint density at radius 3 is 2.93 bits per heavy atom. The Morgan fingerprint density at radius 2 is 2.33 bits per heavy atom. The quantitative estimate of drug-likeness (QED) is 0.637. The maximum atomic E-state index is 11.2. The van der Waals surface area contributed by atoms with Gasteiger partial charge in [-0.05, 0) is 13.8 Å². The molecule has 6 nitrogen and oxygen atoms in total. The highest BCUT2D eigenvalue weighted by molar-refractivity contribution is 5.80. The molecule has 0 aliphatic carbocycles. The van der Waals surface area contributed by atoms with Crippen molar-refractivity contribution >= 4 is 11.6 Å². The van der Waals surface area contributed by atoms with Crippen LogP contribution < -0.4 is 16.2 Å². The third kappa shape index (κ3) is 4.26. The first-order valence-electron chi connectivity index (χ1n) is 4.66. The van der Waals surface area contributed by atoms with Gasteiger partial charge in [0.05, 0.1) is 18.4 Å². The molecule has 15 heavy (non-hydrogen) atoms. The number of carbonyl (C=O) groups excluding carboxylic acids is 1. The van der Waals surface area contributed by atoms with E-state index in [4.69, 9.17) is 0 Å². The molecule has 3 N–H and O–H groups in total. The summed E-state index contributed by atoms with van der Waals surface area (Å²) in [6.45, 7) is 3.89. The van der Waals surface area contributed by atoms with E-state index >= 15 is 0 Å². The molecule has 0 bridgehead atoms. The molecule has 0 unspecified atom stereocenters. The van der Waals surface area contributed by atoms with E-state index < -0.39 is 0 Å². The maximum Gasteiger partial charge on any atom is 0.266 e. The Labute approximate surface area is 87.1 Å². The second-order valence-electron chi connectivity index (χ2n) is 3.41. The number of aromatic amines is 1. The zero-order valence-corrected chi connectivity index (χ0v) is 8.70. The van der Waals surface area contributed by atoms with Crippen molar-refractivity contribution in [3.05, 3.63) is 22.6 Å². The summed E-state index contributed by atoms with van der Waals surface area (Å²) < 4.78 is 0. The minimum absolute atomic E-state index is 0.108. The largest absolute Gasteiger partial charge is 0.375 e. The van der Waals surface area contributed by atoms with Crippen LogP contribution in [0.4, 0.5) is 5.69 Å². The van der Waals surface area contributed by atoms with Gasteiger partial charge in [0.15, 0.2) is 0 Å². The summed E-state index contributed by atoms with van der Waals surface area (Å²) in [5.74, 6) is -0.120. The summed E-state index contributed by atoms with van der Waals surface area (Å²) in [5.41, 5.74) is 0.224. The summed E-state index contributed by atoms with van der Waals surface area (Å²) in [5, 5.41) is 11.4. The van der Waals surface area contributed by atoms with Gasteiger partial charge in [0.2, 0.25) is 5.91 Å². The Bertz CT molecular complexity index is 386. The zero-order valence-electron chi connectivity index (χ0n) is 8.70. The molecule has 0 radical (unpaired) electrons. The van der Waals surface area contributed by atoms with Crippen LogP contribution in [0.15, 0.2) is 17.1 Å². The number of aromatic nitrogens is 2. The number of nitrogens with one attached hydrogen (secondary N) is 3. The van der Waals surface area contributed by atoms with Crippen LogP contribution in [0.1, 0.15) is 13.8 Å². The Morgan fingerprint density at radius 1 is 1.60 bits per heavy atom. The van der Waals surface area contributed by atoms with Crippen LogP contribution in [0.3, 0.4) is 0 Å². The van der Waals surface area contributed by atoms with Gasteiger partial charge < -0.3 is 10.6 Å². The van der Waals surface area contributed by atoms with Crippen LogP contribution in [0.25, 0.3) is 0 Å². The molecule has 1 aromatic heterocycles. The van der Waals surface area contributed by atoms with Crippen molar-refractivity contribution in [2.75, 3.05) is 11.9 Å². The molecule has 1 rings (SSSR count).